The molecule has 3 aromatic rings. The van der Waals surface area contributed by atoms with Gasteiger partial charge in [0.15, 0.2) is 5.13 Å². The van der Waals surface area contributed by atoms with E-state index in [1.807, 2.05) is 30.3 Å². The van der Waals surface area contributed by atoms with Crippen LogP contribution in [0.3, 0.4) is 0 Å². The highest BCUT2D eigenvalue weighted by Gasteiger charge is 2.27. The Morgan fingerprint density at radius 3 is 2.38 bits per heavy atom. The van der Waals surface area contributed by atoms with Crippen LogP contribution >= 0.6 is 28.3 Å². The first-order chi connectivity index (χ1) is 17.5. The van der Waals surface area contributed by atoms with Gasteiger partial charge in [0.25, 0.3) is 5.91 Å². The van der Waals surface area contributed by atoms with Gasteiger partial charge in [-0.2, -0.15) is 9.41 Å². The number of amides is 1. The van der Waals surface area contributed by atoms with Crippen molar-refractivity contribution in [3.05, 3.63) is 65.0 Å². The van der Waals surface area contributed by atoms with Crippen molar-refractivity contribution in [3.63, 3.8) is 0 Å². The fourth-order valence-electron chi connectivity index (χ4n) is 4.52. The summed E-state index contributed by atoms with van der Waals surface area (Å²) in [6.07, 6.45) is 6.90. The SMILES string of the molecule is Br.O=C(NN=Cc1sc(N2CCCCC2)nc1-c1ccccc1)c1cccc(S(=O)(=O)N2CCCC2)c1. The summed E-state index contributed by atoms with van der Waals surface area (Å²) < 4.78 is 27.2. The highest BCUT2D eigenvalue weighted by molar-refractivity contribution is 8.93. The number of carbonyl (C=O) groups excluding carboxylic acids is 1. The van der Waals surface area contributed by atoms with Crippen molar-refractivity contribution in [2.45, 2.75) is 37.0 Å². The summed E-state index contributed by atoms with van der Waals surface area (Å²) in [5.74, 6) is -0.466. The molecule has 0 unspecified atom stereocenters. The molecule has 0 atom stereocenters. The van der Waals surface area contributed by atoms with E-state index < -0.39 is 15.9 Å². The van der Waals surface area contributed by atoms with Gasteiger partial charge in [-0.05, 0) is 50.3 Å². The second-order valence-electron chi connectivity index (χ2n) is 8.96. The third kappa shape index (κ3) is 6.28. The third-order valence-corrected chi connectivity index (χ3v) is 9.41. The zero-order valence-corrected chi connectivity index (χ0v) is 23.7. The number of sulfonamides is 1. The third-order valence-electron chi connectivity index (χ3n) is 6.46. The number of nitrogens with one attached hydrogen (secondary N) is 1. The lowest BCUT2D eigenvalue weighted by Crippen LogP contribution is -2.29. The second kappa shape index (κ2) is 12.3. The number of hydrogen-bond acceptors (Lipinski definition) is 7. The molecule has 3 heterocycles. The minimum absolute atomic E-state index is 0. The van der Waals surface area contributed by atoms with E-state index in [2.05, 4.69) is 15.4 Å². The molecule has 5 rings (SSSR count). The Bertz CT molecular complexity index is 1350. The van der Waals surface area contributed by atoms with Gasteiger partial charge in [0.2, 0.25) is 10.0 Å². The minimum Gasteiger partial charge on any atom is -0.348 e. The highest BCUT2D eigenvalue weighted by Crippen LogP contribution is 2.33. The molecule has 2 fully saturated rings. The molecular formula is C26H30BrN5O3S2. The van der Waals surface area contributed by atoms with Gasteiger partial charge in [0.1, 0.15) is 0 Å². The molecule has 0 saturated carbocycles. The molecule has 1 N–H and O–H groups in total. The number of thiazole rings is 1. The fourth-order valence-corrected chi connectivity index (χ4v) is 7.09. The molecule has 196 valence electrons. The van der Waals surface area contributed by atoms with Crippen molar-refractivity contribution >= 4 is 55.6 Å². The smallest absolute Gasteiger partial charge is 0.271 e. The van der Waals surface area contributed by atoms with Gasteiger partial charge in [0, 0.05) is 37.3 Å². The molecule has 8 nitrogen and oxygen atoms in total. The van der Waals surface area contributed by atoms with Crippen LogP contribution in [0.2, 0.25) is 0 Å². The van der Waals surface area contributed by atoms with Crippen LogP contribution in [0.25, 0.3) is 11.3 Å². The summed E-state index contributed by atoms with van der Waals surface area (Å²) in [6, 6.07) is 16.0. The number of hydrogen-bond donors (Lipinski definition) is 1. The standard InChI is InChI=1S/C26H29N5O3S2.BrH/c32-25(21-12-9-13-22(18-21)36(33,34)31-16-7-8-17-31)29-27-19-23-24(20-10-3-1-4-11-20)28-26(35-23)30-14-5-2-6-15-30;/h1,3-4,9-13,18-19H,2,5-8,14-17H2,(H,29,32);1H. The van der Waals surface area contributed by atoms with E-state index in [1.54, 1.807) is 29.7 Å². The van der Waals surface area contributed by atoms with Crippen molar-refractivity contribution in [1.82, 2.24) is 14.7 Å². The topological polar surface area (TPSA) is 95.0 Å². The van der Waals surface area contributed by atoms with Gasteiger partial charge in [0.05, 0.1) is 21.7 Å². The largest absolute Gasteiger partial charge is 0.348 e. The number of anilines is 1. The van der Waals surface area contributed by atoms with Gasteiger partial charge >= 0.3 is 0 Å². The summed E-state index contributed by atoms with van der Waals surface area (Å²) in [4.78, 5) is 21.0. The van der Waals surface area contributed by atoms with Gasteiger partial charge in [-0.1, -0.05) is 47.7 Å². The van der Waals surface area contributed by atoms with E-state index in [9.17, 15) is 13.2 Å². The van der Waals surface area contributed by atoms with E-state index >= 15 is 0 Å². The summed E-state index contributed by atoms with van der Waals surface area (Å²) in [5, 5.41) is 5.16. The highest BCUT2D eigenvalue weighted by atomic mass is 79.9. The van der Waals surface area contributed by atoms with E-state index in [0.717, 1.165) is 60.0 Å². The van der Waals surface area contributed by atoms with Crippen LogP contribution in [0.4, 0.5) is 5.13 Å². The zero-order chi connectivity index (χ0) is 25.0. The van der Waals surface area contributed by atoms with Gasteiger partial charge in [-0.15, -0.1) is 17.0 Å². The Kier molecular flexibility index (Phi) is 9.12. The maximum Gasteiger partial charge on any atom is 0.271 e. The Balaban J connectivity index is 0.00000320. The maximum absolute atomic E-state index is 12.9. The average Bonchev–Trinajstić information content (AvgIpc) is 3.61. The lowest BCUT2D eigenvalue weighted by molar-refractivity contribution is 0.0955. The maximum atomic E-state index is 12.9. The molecule has 0 radical (unpaired) electrons. The molecule has 1 aromatic heterocycles. The van der Waals surface area contributed by atoms with Crippen molar-refractivity contribution in [2.24, 2.45) is 5.10 Å². The molecular weight excluding hydrogens is 574 g/mol. The first-order valence-electron chi connectivity index (χ1n) is 12.3. The number of benzene rings is 2. The molecule has 1 amide bonds. The number of rotatable bonds is 7. The number of halogens is 1. The lowest BCUT2D eigenvalue weighted by atomic mass is 10.1. The zero-order valence-electron chi connectivity index (χ0n) is 20.4. The number of aromatic nitrogens is 1. The van der Waals surface area contributed by atoms with Crippen molar-refractivity contribution in [1.29, 1.82) is 0 Å². The van der Waals surface area contributed by atoms with Gasteiger partial charge in [-0.25, -0.2) is 18.8 Å². The Morgan fingerprint density at radius 2 is 1.65 bits per heavy atom. The molecule has 37 heavy (non-hydrogen) atoms. The molecule has 2 saturated heterocycles. The van der Waals surface area contributed by atoms with Crippen LogP contribution in [0.15, 0.2) is 64.6 Å². The van der Waals surface area contributed by atoms with Gasteiger partial charge < -0.3 is 4.90 Å². The van der Waals surface area contributed by atoms with Crippen LogP contribution in [0.5, 0.6) is 0 Å². The van der Waals surface area contributed by atoms with Crippen molar-refractivity contribution < 1.29 is 13.2 Å². The fraction of sp³-hybridized carbons (Fsp3) is 0.346. The normalized spacial score (nSPS) is 16.6. The predicted octanol–water partition coefficient (Wildman–Crippen LogP) is 4.93. The second-order valence-corrected chi connectivity index (χ2v) is 11.9. The summed E-state index contributed by atoms with van der Waals surface area (Å²) in [7, 11) is -3.60. The van der Waals surface area contributed by atoms with Crippen molar-refractivity contribution in [2.75, 3.05) is 31.1 Å². The lowest BCUT2D eigenvalue weighted by Gasteiger charge is -2.25. The number of nitrogens with zero attached hydrogens (tertiary/aromatic N) is 4. The van der Waals surface area contributed by atoms with Crippen molar-refractivity contribution in [3.8, 4) is 11.3 Å². The number of piperidine rings is 1. The van der Waals surface area contributed by atoms with Crippen LogP contribution < -0.4 is 10.3 Å². The summed E-state index contributed by atoms with van der Waals surface area (Å²) >= 11 is 1.56. The molecule has 0 spiro atoms. The van der Waals surface area contributed by atoms with E-state index in [-0.39, 0.29) is 27.4 Å². The summed E-state index contributed by atoms with van der Waals surface area (Å²) in [5.41, 5.74) is 4.62. The monoisotopic (exact) mass is 603 g/mol. The first-order valence-corrected chi connectivity index (χ1v) is 14.5. The average molecular weight is 605 g/mol. The van der Waals surface area contributed by atoms with Crippen LogP contribution in [-0.4, -0.2) is 56.0 Å². The minimum atomic E-state index is -3.60. The molecule has 0 bridgehead atoms. The predicted molar refractivity (Wildman–Crippen MR) is 153 cm³/mol. The van der Waals surface area contributed by atoms with E-state index in [0.29, 0.717) is 13.1 Å². The van der Waals surface area contributed by atoms with E-state index in [4.69, 9.17) is 4.98 Å². The molecule has 11 heteroatoms. The van der Waals surface area contributed by atoms with E-state index in [1.165, 1.54) is 22.9 Å². The molecule has 0 aliphatic carbocycles. The first kappa shape index (κ1) is 27.4. The Morgan fingerprint density at radius 1 is 0.946 bits per heavy atom. The molecule has 2 aromatic carbocycles. The van der Waals surface area contributed by atoms with Gasteiger partial charge in [-0.3, -0.25) is 4.79 Å². The number of carbonyl (C=O) groups is 1. The Hall–Kier alpha value is -2.60. The Labute approximate surface area is 232 Å². The number of hydrazone groups is 1. The molecule has 2 aliphatic heterocycles. The molecule has 2 aliphatic rings. The summed E-state index contributed by atoms with van der Waals surface area (Å²) in [6.45, 7) is 3.01. The quantitative estimate of drug-likeness (QED) is 0.305. The van der Waals surface area contributed by atoms with Crippen LogP contribution in [-0.2, 0) is 10.0 Å². The van der Waals surface area contributed by atoms with Crippen LogP contribution in [0, 0.1) is 0 Å². The van der Waals surface area contributed by atoms with Crippen LogP contribution in [0.1, 0.15) is 47.3 Å².